The van der Waals surface area contributed by atoms with Crippen LogP contribution >= 0.6 is 0 Å². The largest absolute Gasteiger partial charge is 0.481 e. The van der Waals surface area contributed by atoms with Gasteiger partial charge in [0.15, 0.2) is 0 Å². The highest BCUT2D eigenvalue weighted by atomic mass is 16.5. The van der Waals surface area contributed by atoms with Crippen LogP contribution in [-0.2, 0) is 33.5 Å². The maximum Gasteiger partial charge on any atom is 0.320 e. The summed E-state index contributed by atoms with van der Waals surface area (Å²) in [6.45, 7) is 5.44. The van der Waals surface area contributed by atoms with E-state index in [0.29, 0.717) is 54.4 Å². The van der Waals surface area contributed by atoms with E-state index in [1.54, 1.807) is 0 Å². The maximum absolute atomic E-state index is 12.7. The van der Waals surface area contributed by atoms with Crippen LogP contribution in [0.15, 0.2) is 0 Å². The predicted octanol–water partition coefficient (Wildman–Crippen LogP) is 4.13. The first-order chi connectivity index (χ1) is 25.9. The summed E-state index contributed by atoms with van der Waals surface area (Å²) in [5.74, 6) is -2.24. The zero-order valence-electron chi connectivity index (χ0n) is 33.0. The second kappa shape index (κ2) is 19.7. The van der Waals surface area contributed by atoms with Gasteiger partial charge in [0.25, 0.3) is 0 Å². The Hall–Kier alpha value is -3.30. The fourth-order valence-corrected chi connectivity index (χ4v) is 11.7. The zero-order valence-corrected chi connectivity index (χ0v) is 33.0. The van der Waals surface area contributed by atoms with Gasteiger partial charge in [-0.2, -0.15) is 0 Å². The molecule has 10 atom stereocenters. The maximum atomic E-state index is 12.7. The number of nitrogens with zero attached hydrogens (tertiary/aromatic N) is 2. The lowest BCUT2D eigenvalue weighted by Crippen LogP contribution is -2.54. The summed E-state index contributed by atoms with van der Waals surface area (Å²) in [4.78, 5) is 72.1. The molecule has 6 N–H and O–H groups in total. The van der Waals surface area contributed by atoms with Crippen LogP contribution in [0, 0.1) is 46.3 Å². The molecule has 55 heavy (non-hydrogen) atoms. The number of ether oxygens (including phenoxy) is 1. The number of carbonyl (C=O) groups excluding carboxylic acids is 1. The molecule has 0 aliphatic heterocycles. The van der Waals surface area contributed by atoms with Crippen molar-refractivity contribution in [2.24, 2.45) is 46.3 Å². The summed E-state index contributed by atoms with van der Waals surface area (Å²) >= 11 is 0. The van der Waals surface area contributed by atoms with Crippen LogP contribution in [0.3, 0.4) is 0 Å². The van der Waals surface area contributed by atoms with Crippen LogP contribution in [0.2, 0.25) is 0 Å². The van der Waals surface area contributed by atoms with E-state index >= 15 is 0 Å². The van der Waals surface area contributed by atoms with Gasteiger partial charge in [-0.25, -0.2) is 0 Å². The SMILES string of the molecule is C[C@H](CCC(=O)O)[C@H]1CC[C@H]2[C@@H]3CC[C@@H]4C[C@@H](OCC(=O)NCCCCC(C(=O)O)N(CCN(CC(=O)O)CC(=O)O)CC(=O)O)CC[C@]4(C)[C@H]3CC[C@]12C. The molecule has 0 aromatic heterocycles. The number of hydrogen-bond acceptors (Lipinski definition) is 9. The Balaban J connectivity index is 1.19. The summed E-state index contributed by atoms with van der Waals surface area (Å²) in [6.07, 6.45) is 12.3. The highest BCUT2D eigenvalue weighted by Crippen LogP contribution is 2.68. The van der Waals surface area contributed by atoms with Crippen molar-refractivity contribution in [2.75, 3.05) is 45.9 Å². The normalized spacial score (nSPS) is 31.1. The van der Waals surface area contributed by atoms with Crippen LogP contribution in [0.4, 0.5) is 0 Å². The van der Waals surface area contributed by atoms with Crippen molar-refractivity contribution in [2.45, 2.75) is 123 Å². The lowest BCUT2D eigenvalue weighted by molar-refractivity contribution is -0.148. The standard InChI is InChI=1S/C40H65N3O12/c1-25(7-12-34(45)46)29-10-11-30-28-9-8-26-20-27(13-15-39(26,2)31(28)14-16-40(29,30)3)55-24-33(44)41-17-5-4-6-32(38(53)54)43(23-37(51)52)19-18-42(21-35(47)48)22-36(49)50/h25-32H,4-24H2,1-3H3,(H,41,44)(H,45,46)(H,47,48)(H,49,50)(H,51,52)(H,53,54)/t25-,26-,27+,28+,29-,30+,31+,32?,39+,40-/m1/s1. The first kappa shape index (κ1) is 44.4. The Bertz CT molecular complexity index is 1360. The van der Waals surface area contributed by atoms with Gasteiger partial charge >= 0.3 is 29.8 Å². The van der Waals surface area contributed by atoms with Crippen molar-refractivity contribution in [1.82, 2.24) is 15.1 Å². The number of carboxylic acids is 5. The van der Waals surface area contributed by atoms with E-state index in [2.05, 4.69) is 26.1 Å². The molecule has 0 bridgehead atoms. The molecule has 312 valence electrons. The van der Waals surface area contributed by atoms with E-state index in [9.17, 15) is 44.1 Å². The van der Waals surface area contributed by atoms with Crippen molar-refractivity contribution < 1.29 is 59.0 Å². The number of nitrogens with one attached hydrogen (secondary N) is 1. The zero-order chi connectivity index (χ0) is 40.5. The molecular weight excluding hydrogens is 714 g/mol. The average Bonchev–Trinajstić information content (AvgIpc) is 3.46. The lowest BCUT2D eigenvalue weighted by Gasteiger charge is -2.61. The minimum Gasteiger partial charge on any atom is -0.481 e. The molecule has 1 amide bonds. The van der Waals surface area contributed by atoms with Gasteiger partial charge in [0, 0.05) is 26.1 Å². The molecule has 4 saturated carbocycles. The first-order valence-corrected chi connectivity index (χ1v) is 20.4. The second-order valence-corrected chi connectivity index (χ2v) is 17.6. The molecule has 0 saturated heterocycles. The number of rotatable bonds is 23. The Kier molecular flexibility index (Phi) is 15.9. The molecule has 15 nitrogen and oxygen atoms in total. The molecule has 0 heterocycles. The highest BCUT2D eigenvalue weighted by Gasteiger charge is 2.60. The van der Waals surface area contributed by atoms with Crippen molar-refractivity contribution >= 4 is 35.8 Å². The van der Waals surface area contributed by atoms with Gasteiger partial charge in [0.2, 0.25) is 5.91 Å². The highest BCUT2D eigenvalue weighted by molar-refractivity contribution is 5.77. The smallest absolute Gasteiger partial charge is 0.320 e. The third kappa shape index (κ3) is 11.6. The van der Waals surface area contributed by atoms with Gasteiger partial charge in [0.1, 0.15) is 12.6 Å². The van der Waals surface area contributed by atoms with Gasteiger partial charge in [-0.3, -0.25) is 38.6 Å². The van der Waals surface area contributed by atoms with Crippen LogP contribution in [0.25, 0.3) is 0 Å². The summed E-state index contributed by atoms with van der Waals surface area (Å²) in [7, 11) is 0. The summed E-state index contributed by atoms with van der Waals surface area (Å²) in [6, 6.07) is -1.19. The summed E-state index contributed by atoms with van der Waals surface area (Å²) in [5.41, 5.74) is 0.565. The average molecular weight is 780 g/mol. The fourth-order valence-electron chi connectivity index (χ4n) is 11.7. The molecule has 0 radical (unpaired) electrons. The van der Waals surface area contributed by atoms with E-state index in [-0.39, 0.29) is 50.0 Å². The molecule has 4 rings (SSSR count). The quantitative estimate of drug-likeness (QED) is 0.0802. The van der Waals surface area contributed by atoms with Crippen molar-refractivity contribution in [1.29, 1.82) is 0 Å². The van der Waals surface area contributed by atoms with Crippen molar-refractivity contribution in [3.8, 4) is 0 Å². The van der Waals surface area contributed by atoms with Crippen molar-refractivity contribution in [3.05, 3.63) is 0 Å². The third-order valence-corrected chi connectivity index (χ3v) is 14.4. The van der Waals surface area contributed by atoms with E-state index in [1.165, 1.54) is 43.4 Å². The van der Waals surface area contributed by atoms with E-state index in [4.69, 9.17) is 14.9 Å². The summed E-state index contributed by atoms with van der Waals surface area (Å²) in [5, 5.41) is 49.5. The molecule has 4 aliphatic carbocycles. The molecule has 1 unspecified atom stereocenters. The fraction of sp³-hybridized carbons (Fsp3) is 0.850. The van der Waals surface area contributed by atoms with E-state index < -0.39 is 55.5 Å². The number of carboxylic acid groups (broad SMARTS) is 5. The number of unbranched alkanes of at least 4 members (excludes halogenated alkanes) is 1. The number of amides is 1. The van der Waals surface area contributed by atoms with Gasteiger partial charge < -0.3 is 35.6 Å². The Morgan fingerprint density at radius 1 is 0.745 bits per heavy atom. The molecule has 0 aromatic carbocycles. The van der Waals surface area contributed by atoms with Gasteiger partial charge in [0.05, 0.1) is 25.7 Å². The monoisotopic (exact) mass is 779 g/mol. The third-order valence-electron chi connectivity index (χ3n) is 14.4. The summed E-state index contributed by atoms with van der Waals surface area (Å²) < 4.78 is 6.16. The van der Waals surface area contributed by atoms with Crippen LogP contribution in [-0.4, -0.2) is 129 Å². The molecule has 15 heteroatoms. The predicted molar refractivity (Wildman–Crippen MR) is 200 cm³/mol. The first-order valence-electron chi connectivity index (χ1n) is 20.4. The molecule has 0 aromatic rings. The Morgan fingerprint density at radius 2 is 1.40 bits per heavy atom. The van der Waals surface area contributed by atoms with Gasteiger partial charge in [-0.05, 0) is 130 Å². The minimum absolute atomic E-state index is 0.0265. The minimum atomic E-state index is -1.27. The molecular formula is C40H65N3O12. The lowest BCUT2D eigenvalue weighted by atomic mass is 9.44. The second-order valence-electron chi connectivity index (χ2n) is 17.6. The number of hydrogen-bond donors (Lipinski definition) is 6. The molecule has 4 fully saturated rings. The molecule has 4 aliphatic rings. The van der Waals surface area contributed by atoms with Crippen molar-refractivity contribution in [3.63, 3.8) is 0 Å². The number of carbonyl (C=O) groups is 6. The Labute approximate surface area is 324 Å². The number of aliphatic carboxylic acids is 5. The van der Waals surface area contributed by atoms with Gasteiger partial charge in [-0.1, -0.05) is 20.8 Å². The number of fused-ring (bicyclic) bond motifs is 5. The van der Waals surface area contributed by atoms with E-state index in [1.807, 2.05) is 0 Å². The van der Waals surface area contributed by atoms with Crippen LogP contribution in [0.1, 0.15) is 111 Å². The molecule has 0 spiro atoms. The Morgan fingerprint density at radius 3 is 2.04 bits per heavy atom. The topological polar surface area (TPSA) is 231 Å². The van der Waals surface area contributed by atoms with Crippen LogP contribution in [0.5, 0.6) is 0 Å². The van der Waals surface area contributed by atoms with Gasteiger partial charge in [-0.15, -0.1) is 0 Å². The van der Waals surface area contributed by atoms with E-state index in [0.717, 1.165) is 36.5 Å². The van der Waals surface area contributed by atoms with Crippen LogP contribution < -0.4 is 5.32 Å².